The second-order valence-corrected chi connectivity index (χ2v) is 4.53. The molecule has 3 nitrogen and oxygen atoms in total. The molecule has 0 aromatic heterocycles. The van der Waals surface area contributed by atoms with Gasteiger partial charge in [0.2, 0.25) is 0 Å². The van der Waals surface area contributed by atoms with Gasteiger partial charge in [-0.05, 0) is 24.8 Å². The van der Waals surface area contributed by atoms with E-state index in [1.165, 1.54) is 0 Å². The van der Waals surface area contributed by atoms with E-state index in [0.717, 1.165) is 24.8 Å². The van der Waals surface area contributed by atoms with Crippen molar-refractivity contribution in [1.29, 1.82) is 0 Å². The molecule has 3 heteroatoms. The van der Waals surface area contributed by atoms with Crippen LogP contribution in [-0.4, -0.2) is 11.8 Å². The van der Waals surface area contributed by atoms with Crippen molar-refractivity contribution in [2.75, 3.05) is 0 Å². The van der Waals surface area contributed by atoms with Crippen molar-refractivity contribution < 1.29 is 9.59 Å². The van der Waals surface area contributed by atoms with Crippen LogP contribution >= 0.6 is 0 Å². The van der Waals surface area contributed by atoms with Crippen molar-refractivity contribution >= 4 is 11.8 Å². The predicted molar refractivity (Wildman–Crippen MR) is 63.2 cm³/mol. The molecule has 0 bridgehead atoms. The number of amides is 2. The van der Waals surface area contributed by atoms with Gasteiger partial charge in [-0.25, -0.2) is 0 Å². The molecule has 2 amide bonds. The summed E-state index contributed by atoms with van der Waals surface area (Å²) in [6.45, 7) is 0. The monoisotopic (exact) mass is 227 g/mol. The van der Waals surface area contributed by atoms with E-state index in [9.17, 15) is 9.59 Å². The van der Waals surface area contributed by atoms with E-state index in [1.807, 2.05) is 30.3 Å². The van der Waals surface area contributed by atoms with Crippen LogP contribution in [0.1, 0.15) is 30.7 Å². The van der Waals surface area contributed by atoms with Crippen LogP contribution in [0.3, 0.4) is 0 Å². The zero-order valence-electron chi connectivity index (χ0n) is 9.40. The SMILES string of the molecule is O=C1NC(=O)C2=C1CCCC2c1ccccc1. The van der Waals surface area contributed by atoms with Crippen LogP contribution in [-0.2, 0) is 9.59 Å². The van der Waals surface area contributed by atoms with Gasteiger partial charge < -0.3 is 0 Å². The Labute approximate surface area is 99.5 Å². The molecule has 86 valence electrons. The van der Waals surface area contributed by atoms with E-state index in [0.29, 0.717) is 11.1 Å². The average Bonchev–Trinajstić information content (AvgIpc) is 2.66. The molecule has 1 N–H and O–H groups in total. The molecule has 1 unspecified atom stereocenters. The zero-order valence-corrected chi connectivity index (χ0v) is 9.40. The summed E-state index contributed by atoms with van der Waals surface area (Å²) in [5, 5.41) is 2.41. The van der Waals surface area contributed by atoms with E-state index >= 15 is 0 Å². The molecule has 0 fully saturated rings. The molecule has 1 heterocycles. The molecule has 0 spiro atoms. The van der Waals surface area contributed by atoms with E-state index in [1.54, 1.807) is 0 Å². The summed E-state index contributed by atoms with van der Waals surface area (Å²) >= 11 is 0. The summed E-state index contributed by atoms with van der Waals surface area (Å²) in [5.74, 6) is -0.296. The van der Waals surface area contributed by atoms with Gasteiger partial charge in [-0.15, -0.1) is 0 Å². The first-order chi connectivity index (χ1) is 8.27. The third-order valence-corrected chi connectivity index (χ3v) is 3.54. The lowest BCUT2D eigenvalue weighted by molar-refractivity contribution is -0.124. The Morgan fingerprint density at radius 1 is 1.06 bits per heavy atom. The highest BCUT2D eigenvalue weighted by Crippen LogP contribution is 2.39. The fraction of sp³-hybridized carbons (Fsp3) is 0.286. The van der Waals surface area contributed by atoms with Crippen molar-refractivity contribution in [1.82, 2.24) is 5.32 Å². The van der Waals surface area contributed by atoms with Gasteiger partial charge in [0.1, 0.15) is 0 Å². The fourth-order valence-electron chi connectivity index (χ4n) is 2.77. The van der Waals surface area contributed by atoms with Gasteiger partial charge in [-0.3, -0.25) is 14.9 Å². The van der Waals surface area contributed by atoms with Crippen LogP contribution in [0, 0.1) is 0 Å². The summed E-state index contributed by atoms with van der Waals surface area (Å²) in [6, 6.07) is 9.95. The Kier molecular flexibility index (Phi) is 2.32. The third kappa shape index (κ3) is 1.58. The van der Waals surface area contributed by atoms with E-state index in [4.69, 9.17) is 0 Å². The van der Waals surface area contributed by atoms with Gasteiger partial charge in [-0.1, -0.05) is 30.3 Å². The Balaban J connectivity index is 2.07. The van der Waals surface area contributed by atoms with Crippen LogP contribution in [0.15, 0.2) is 41.5 Å². The Hall–Kier alpha value is -1.90. The lowest BCUT2D eigenvalue weighted by atomic mass is 9.79. The Bertz CT molecular complexity index is 516. The van der Waals surface area contributed by atoms with E-state index < -0.39 is 0 Å². The minimum atomic E-state index is -0.196. The maximum atomic E-state index is 11.8. The van der Waals surface area contributed by atoms with Gasteiger partial charge in [0.15, 0.2) is 0 Å². The number of hydrogen-bond acceptors (Lipinski definition) is 2. The fourth-order valence-corrected chi connectivity index (χ4v) is 2.77. The minimum absolute atomic E-state index is 0.0893. The zero-order chi connectivity index (χ0) is 11.8. The highest BCUT2D eigenvalue weighted by Gasteiger charge is 2.37. The molecular formula is C14H13NO2. The lowest BCUT2D eigenvalue weighted by Crippen LogP contribution is -2.23. The smallest absolute Gasteiger partial charge is 0.255 e. The van der Waals surface area contributed by atoms with Crippen molar-refractivity contribution in [3.8, 4) is 0 Å². The predicted octanol–water partition coefficient (Wildman–Crippen LogP) is 1.91. The van der Waals surface area contributed by atoms with Crippen LogP contribution in [0.25, 0.3) is 0 Å². The molecule has 1 aromatic rings. The second-order valence-electron chi connectivity index (χ2n) is 4.53. The molecule has 1 aromatic carbocycles. The molecule has 17 heavy (non-hydrogen) atoms. The van der Waals surface area contributed by atoms with Crippen LogP contribution < -0.4 is 5.32 Å². The maximum Gasteiger partial charge on any atom is 0.255 e. The summed E-state index contributed by atoms with van der Waals surface area (Å²) in [6.07, 6.45) is 2.65. The second kappa shape index (κ2) is 3.84. The topological polar surface area (TPSA) is 46.2 Å². The first kappa shape index (κ1) is 10.3. The molecule has 0 saturated heterocycles. The molecule has 1 aliphatic carbocycles. The summed E-state index contributed by atoms with van der Waals surface area (Å²) in [4.78, 5) is 23.4. The van der Waals surface area contributed by atoms with Crippen LogP contribution in [0.4, 0.5) is 0 Å². The molecule has 1 aliphatic heterocycles. The Morgan fingerprint density at radius 3 is 2.59 bits per heavy atom. The van der Waals surface area contributed by atoms with Crippen molar-refractivity contribution in [2.24, 2.45) is 0 Å². The molecule has 0 saturated carbocycles. The minimum Gasteiger partial charge on any atom is -0.289 e. The first-order valence-electron chi connectivity index (χ1n) is 5.91. The summed E-state index contributed by atoms with van der Waals surface area (Å²) in [5.41, 5.74) is 2.53. The van der Waals surface area contributed by atoms with E-state index in [2.05, 4.69) is 5.32 Å². The van der Waals surface area contributed by atoms with Crippen LogP contribution in [0.2, 0.25) is 0 Å². The standard InChI is InChI=1S/C14H13NO2/c16-13-11-8-4-7-10(12(11)14(17)15-13)9-5-2-1-3-6-9/h1-3,5-6,10H,4,7-8H2,(H,15,16,17). The highest BCUT2D eigenvalue weighted by molar-refractivity contribution is 6.20. The van der Waals surface area contributed by atoms with Gasteiger partial charge >= 0.3 is 0 Å². The number of carbonyl (C=O) groups excluding carboxylic acids is 2. The van der Waals surface area contributed by atoms with E-state index in [-0.39, 0.29) is 17.7 Å². The van der Waals surface area contributed by atoms with Gasteiger partial charge in [0.05, 0.1) is 0 Å². The summed E-state index contributed by atoms with van der Waals surface area (Å²) in [7, 11) is 0. The molecule has 1 atom stereocenters. The number of imide groups is 1. The number of nitrogens with one attached hydrogen (secondary N) is 1. The first-order valence-corrected chi connectivity index (χ1v) is 5.91. The maximum absolute atomic E-state index is 11.8. The molecule has 3 rings (SSSR count). The van der Waals surface area contributed by atoms with Crippen molar-refractivity contribution in [3.05, 3.63) is 47.0 Å². The molecule has 2 aliphatic rings. The Morgan fingerprint density at radius 2 is 1.82 bits per heavy atom. The largest absolute Gasteiger partial charge is 0.289 e. The number of rotatable bonds is 1. The molecule has 0 radical (unpaired) electrons. The highest BCUT2D eigenvalue weighted by atomic mass is 16.2. The normalized spacial score (nSPS) is 23.6. The average molecular weight is 227 g/mol. The quantitative estimate of drug-likeness (QED) is 0.745. The van der Waals surface area contributed by atoms with Crippen LogP contribution in [0.5, 0.6) is 0 Å². The third-order valence-electron chi connectivity index (χ3n) is 3.54. The molecular weight excluding hydrogens is 214 g/mol. The van der Waals surface area contributed by atoms with Gasteiger partial charge in [0.25, 0.3) is 11.8 Å². The lowest BCUT2D eigenvalue weighted by Gasteiger charge is -2.22. The van der Waals surface area contributed by atoms with Crippen molar-refractivity contribution in [3.63, 3.8) is 0 Å². The number of benzene rings is 1. The number of carbonyl (C=O) groups is 2. The van der Waals surface area contributed by atoms with Gasteiger partial charge in [0, 0.05) is 17.1 Å². The van der Waals surface area contributed by atoms with Crippen molar-refractivity contribution in [2.45, 2.75) is 25.2 Å². The summed E-state index contributed by atoms with van der Waals surface area (Å²) < 4.78 is 0. The number of hydrogen-bond donors (Lipinski definition) is 1. The van der Waals surface area contributed by atoms with Gasteiger partial charge in [-0.2, -0.15) is 0 Å².